The van der Waals surface area contributed by atoms with Crippen molar-refractivity contribution in [1.82, 2.24) is 9.97 Å². The van der Waals surface area contributed by atoms with E-state index in [4.69, 9.17) is 32.7 Å². The number of methoxy groups -OCH3 is 1. The van der Waals surface area contributed by atoms with E-state index in [-0.39, 0.29) is 12.4 Å². The van der Waals surface area contributed by atoms with Gasteiger partial charge >= 0.3 is 0 Å². The van der Waals surface area contributed by atoms with Gasteiger partial charge in [0.2, 0.25) is 5.88 Å². The van der Waals surface area contributed by atoms with Gasteiger partial charge in [0, 0.05) is 16.1 Å². The van der Waals surface area contributed by atoms with E-state index < -0.39 is 0 Å². The molecule has 25 heavy (non-hydrogen) atoms. The zero-order valence-corrected chi connectivity index (χ0v) is 15.1. The van der Waals surface area contributed by atoms with E-state index in [1.165, 1.54) is 13.3 Å². The summed E-state index contributed by atoms with van der Waals surface area (Å²) in [5.41, 5.74) is 1.87. The van der Waals surface area contributed by atoms with Crippen molar-refractivity contribution in [1.29, 1.82) is 0 Å². The van der Waals surface area contributed by atoms with Gasteiger partial charge in [-0.05, 0) is 37.3 Å². The normalized spacial score (nSPS) is 10.7. The summed E-state index contributed by atoms with van der Waals surface area (Å²) in [6, 6.07) is 8.50. The number of hydrogen-bond donors (Lipinski definition) is 0. The Kier molecular flexibility index (Phi) is 5.06. The Hall–Kier alpha value is -2.37. The lowest BCUT2D eigenvalue weighted by Crippen LogP contribution is -2.03. The lowest BCUT2D eigenvalue weighted by Gasteiger charge is -2.12. The first-order valence-electron chi connectivity index (χ1n) is 7.40. The number of benzene rings is 2. The number of ketones is 1. The highest BCUT2D eigenvalue weighted by Gasteiger charge is 2.12. The van der Waals surface area contributed by atoms with Crippen LogP contribution in [0.1, 0.15) is 22.8 Å². The Labute approximate surface area is 154 Å². The number of carbonyl (C=O) groups is 1. The number of rotatable bonds is 5. The monoisotopic (exact) mass is 376 g/mol. The van der Waals surface area contributed by atoms with Crippen molar-refractivity contribution in [2.75, 3.05) is 7.11 Å². The molecule has 3 rings (SSSR count). The third-order valence-electron chi connectivity index (χ3n) is 3.67. The van der Waals surface area contributed by atoms with Gasteiger partial charge in [0.05, 0.1) is 23.0 Å². The van der Waals surface area contributed by atoms with Crippen LogP contribution >= 0.6 is 23.2 Å². The quantitative estimate of drug-likeness (QED) is 0.602. The summed E-state index contributed by atoms with van der Waals surface area (Å²) in [7, 11) is 1.56. The third kappa shape index (κ3) is 3.67. The fraction of sp³-hybridized carbons (Fsp3) is 0.167. The molecule has 0 fully saturated rings. The number of carbonyl (C=O) groups excluding carboxylic acids is 1. The van der Waals surface area contributed by atoms with Crippen LogP contribution in [-0.4, -0.2) is 22.9 Å². The molecule has 5 nitrogen and oxygen atoms in total. The number of hydrogen-bond acceptors (Lipinski definition) is 5. The molecule has 1 heterocycles. The average Bonchev–Trinajstić information content (AvgIpc) is 2.59. The van der Waals surface area contributed by atoms with Crippen LogP contribution in [0, 0.1) is 0 Å². The fourth-order valence-corrected chi connectivity index (χ4v) is 2.98. The molecule has 3 aromatic rings. The zero-order valence-electron chi connectivity index (χ0n) is 13.5. The first kappa shape index (κ1) is 17.5. The smallest absolute Gasteiger partial charge is 0.224 e. The predicted molar refractivity (Wildman–Crippen MR) is 96.9 cm³/mol. The Morgan fingerprint density at radius 3 is 2.68 bits per heavy atom. The van der Waals surface area contributed by atoms with Crippen LogP contribution in [0.4, 0.5) is 0 Å². The van der Waals surface area contributed by atoms with Gasteiger partial charge in [0.15, 0.2) is 5.78 Å². The minimum atomic E-state index is -0.0325. The summed E-state index contributed by atoms with van der Waals surface area (Å²) >= 11 is 12.2. The van der Waals surface area contributed by atoms with Gasteiger partial charge in [-0.3, -0.25) is 4.79 Å². The van der Waals surface area contributed by atoms with Crippen molar-refractivity contribution in [2.45, 2.75) is 13.5 Å². The zero-order chi connectivity index (χ0) is 18.0. The topological polar surface area (TPSA) is 61.3 Å². The van der Waals surface area contributed by atoms with E-state index in [1.807, 2.05) is 0 Å². The minimum Gasteiger partial charge on any atom is -0.496 e. The maximum Gasteiger partial charge on any atom is 0.224 e. The van der Waals surface area contributed by atoms with Crippen LogP contribution in [0.15, 0.2) is 36.7 Å². The van der Waals surface area contributed by atoms with Gasteiger partial charge in [0.25, 0.3) is 0 Å². The summed E-state index contributed by atoms with van der Waals surface area (Å²) in [6.07, 6.45) is 1.38. The van der Waals surface area contributed by atoms with Gasteiger partial charge in [-0.15, -0.1) is 0 Å². The number of nitrogens with zero attached hydrogens (tertiary/aromatic N) is 2. The van der Waals surface area contributed by atoms with Crippen LogP contribution in [0.25, 0.3) is 10.9 Å². The van der Waals surface area contributed by atoms with E-state index >= 15 is 0 Å². The van der Waals surface area contributed by atoms with Crippen LogP contribution in [0.3, 0.4) is 0 Å². The molecular formula is C18H14Cl2N2O3. The summed E-state index contributed by atoms with van der Waals surface area (Å²) in [5, 5.41) is 1.50. The molecule has 0 saturated heterocycles. The molecule has 128 valence electrons. The molecule has 0 unspecified atom stereocenters. The number of Topliss-reactive ketones (excluding diaryl/α,β-unsaturated/α-hetero) is 1. The second kappa shape index (κ2) is 7.25. The van der Waals surface area contributed by atoms with Crippen LogP contribution in [-0.2, 0) is 6.61 Å². The van der Waals surface area contributed by atoms with Gasteiger partial charge in [0.1, 0.15) is 18.7 Å². The molecule has 2 aromatic carbocycles. The molecule has 0 radical (unpaired) electrons. The standard InChI is InChI=1S/C18H14Cl2N2O3/c1-10(23)11-3-4-16(24-2)12(5-11)8-25-18-14-6-13(19)7-15(20)17(14)21-9-22-18/h3-7,9H,8H2,1-2H3. The highest BCUT2D eigenvalue weighted by molar-refractivity contribution is 6.38. The fourth-order valence-electron chi connectivity index (χ4n) is 2.44. The molecule has 0 N–H and O–H groups in total. The molecule has 1 aromatic heterocycles. The van der Waals surface area contributed by atoms with Crippen molar-refractivity contribution in [3.05, 3.63) is 57.8 Å². The molecule has 0 atom stereocenters. The van der Waals surface area contributed by atoms with Crippen molar-refractivity contribution in [3.63, 3.8) is 0 Å². The second-order valence-corrected chi connectivity index (χ2v) is 6.18. The number of fused-ring (bicyclic) bond motifs is 1. The van der Waals surface area contributed by atoms with E-state index in [9.17, 15) is 4.79 Å². The number of aromatic nitrogens is 2. The molecular weight excluding hydrogens is 363 g/mol. The predicted octanol–water partition coefficient (Wildman–Crippen LogP) is 4.73. The van der Waals surface area contributed by atoms with E-state index in [0.717, 1.165) is 5.56 Å². The maximum absolute atomic E-state index is 11.6. The van der Waals surface area contributed by atoms with Crippen molar-refractivity contribution in [3.8, 4) is 11.6 Å². The number of ether oxygens (including phenoxy) is 2. The van der Waals surface area contributed by atoms with Gasteiger partial charge in [-0.1, -0.05) is 23.2 Å². The Morgan fingerprint density at radius 1 is 1.16 bits per heavy atom. The minimum absolute atomic E-state index is 0.0325. The summed E-state index contributed by atoms with van der Waals surface area (Å²) in [5.74, 6) is 0.944. The molecule has 0 spiro atoms. The maximum atomic E-state index is 11.6. The SMILES string of the molecule is COc1ccc(C(C)=O)cc1COc1ncnc2c(Cl)cc(Cl)cc12. The lowest BCUT2D eigenvalue weighted by molar-refractivity contribution is 0.101. The Morgan fingerprint density at radius 2 is 1.96 bits per heavy atom. The van der Waals surface area contributed by atoms with Crippen LogP contribution in [0.5, 0.6) is 11.6 Å². The van der Waals surface area contributed by atoms with Crippen molar-refractivity contribution < 1.29 is 14.3 Å². The van der Waals surface area contributed by atoms with Crippen LogP contribution < -0.4 is 9.47 Å². The Bertz CT molecular complexity index is 960. The molecule has 7 heteroatoms. The molecule has 0 aliphatic carbocycles. The Balaban J connectivity index is 1.96. The highest BCUT2D eigenvalue weighted by atomic mass is 35.5. The van der Waals surface area contributed by atoms with E-state index in [2.05, 4.69) is 9.97 Å². The number of halogens is 2. The molecule has 0 amide bonds. The molecule has 0 aliphatic rings. The highest BCUT2D eigenvalue weighted by Crippen LogP contribution is 2.31. The van der Waals surface area contributed by atoms with Crippen LogP contribution in [0.2, 0.25) is 10.0 Å². The lowest BCUT2D eigenvalue weighted by atomic mass is 10.1. The average molecular weight is 377 g/mol. The van der Waals surface area contributed by atoms with E-state index in [0.29, 0.717) is 38.1 Å². The molecule has 0 aliphatic heterocycles. The second-order valence-electron chi connectivity index (χ2n) is 5.33. The summed E-state index contributed by atoms with van der Waals surface area (Å²) in [6.45, 7) is 1.68. The largest absolute Gasteiger partial charge is 0.496 e. The van der Waals surface area contributed by atoms with E-state index in [1.54, 1.807) is 37.4 Å². The van der Waals surface area contributed by atoms with Crippen molar-refractivity contribution >= 4 is 39.9 Å². The third-order valence-corrected chi connectivity index (χ3v) is 4.18. The van der Waals surface area contributed by atoms with Gasteiger partial charge < -0.3 is 9.47 Å². The molecule has 0 saturated carbocycles. The first-order valence-corrected chi connectivity index (χ1v) is 8.15. The van der Waals surface area contributed by atoms with Gasteiger partial charge in [-0.2, -0.15) is 0 Å². The molecule has 0 bridgehead atoms. The summed E-state index contributed by atoms with van der Waals surface area (Å²) in [4.78, 5) is 19.9. The van der Waals surface area contributed by atoms with Crippen molar-refractivity contribution in [2.24, 2.45) is 0 Å². The summed E-state index contributed by atoms with van der Waals surface area (Å²) < 4.78 is 11.2. The van der Waals surface area contributed by atoms with Gasteiger partial charge in [-0.25, -0.2) is 9.97 Å². The first-order chi connectivity index (χ1) is 12.0.